The van der Waals surface area contributed by atoms with Crippen molar-refractivity contribution < 1.29 is 4.74 Å². The highest BCUT2D eigenvalue weighted by molar-refractivity contribution is 9.10. The van der Waals surface area contributed by atoms with E-state index in [9.17, 15) is 0 Å². The Morgan fingerprint density at radius 3 is 2.35 bits per heavy atom. The van der Waals surface area contributed by atoms with E-state index in [1.807, 2.05) is 0 Å². The predicted molar refractivity (Wildman–Crippen MR) is 88.3 cm³/mol. The van der Waals surface area contributed by atoms with Gasteiger partial charge in [-0.05, 0) is 59.4 Å². The van der Waals surface area contributed by atoms with E-state index in [2.05, 4.69) is 46.5 Å². The molecule has 0 aliphatic heterocycles. The zero-order chi connectivity index (χ0) is 14.4. The Bertz CT molecular complexity index is 413. The normalized spacial score (nSPS) is 19.1. The standard InChI is InChI=1S/C17H26BrNO/c1-19-17(13-8-6-4-3-5-7-9-13)14-10-11-16(20-2)15(18)12-14/h10-13,17,19H,3-9H2,1-2H3. The molecule has 1 aliphatic rings. The molecule has 0 spiro atoms. The Balaban J connectivity index is 2.15. The number of halogens is 1. The summed E-state index contributed by atoms with van der Waals surface area (Å²) in [5.74, 6) is 1.65. The third-order valence-corrected chi connectivity index (χ3v) is 5.09. The van der Waals surface area contributed by atoms with Crippen molar-refractivity contribution >= 4 is 15.9 Å². The molecule has 0 heterocycles. The molecule has 0 bridgehead atoms. The molecule has 1 aromatic carbocycles. The predicted octanol–water partition coefficient (Wildman–Crippen LogP) is 5.08. The quantitative estimate of drug-likeness (QED) is 0.825. The highest BCUT2D eigenvalue weighted by Gasteiger charge is 2.22. The molecule has 0 saturated heterocycles. The van der Waals surface area contributed by atoms with Gasteiger partial charge in [0.1, 0.15) is 5.75 Å². The van der Waals surface area contributed by atoms with Gasteiger partial charge in [0.25, 0.3) is 0 Å². The number of benzene rings is 1. The van der Waals surface area contributed by atoms with Crippen LogP contribution in [0.15, 0.2) is 22.7 Å². The van der Waals surface area contributed by atoms with E-state index in [0.717, 1.165) is 16.1 Å². The lowest BCUT2D eigenvalue weighted by Crippen LogP contribution is -2.26. The molecule has 0 amide bonds. The Labute approximate surface area is 131 Å². The Hall–Kier alpha value is -0.540. The first-order chi connectivity index (χ1) is 9.76. The average molecular weight is 340 g/mol. The van der Waals surface area contributed by atoms with Crippen LogP contribution in [0.1, 0.15) is 56.6 Å². The summed E-state index contributed by atoms with van der Waals surface area (Å²) in [5, 5.41) is 3.54. The summed E-state index contributed by atoms with van der Waals surface area (Å²) in [4.78, 5) is 0. The second kappa shape index (κ2) is 8.04. The first-order valence-electron chi connectivity index (χ1n) is 7.77. The zero-order valence-electron chi connectivity index (χ0n) is 12.6. The molecule has 1 fully saturated rings. The van der Waals surface area contributed by atoms with Gasteiger partial charge in [-0.15, -0.1) is 0 Å². The van der Waals surface area contributed by atoms with Crippen molar-refractivity contribution in [3.8, 4) is 5.75 Å². The fraction of sp³-hybridized carbons (Fsp3) is 0.647. The molecule has 0 aromatic heterocycles. The first kappa shape index (κ1) is 15.8. The van der Waals surface area contributed by atoms with E-state index in [-0.39, 0.29) is 0 Å². The van der Waals surface area contributed by atoms with Gasteiger partial charge >= 0.3 is 0 Å². The van der Waals surface area contributed by atoms with E-state index in [4.69, 9.17) is 4.74 Å². The van der Waals surface area contributed by atoms with Gasteiger partial charge in [0, 0.05) is 6.04 Å². The third-order valence-electron chi connectivity index (χ3n) is 4.47. The Kier molecular flexibility index (Phi) is 6.37. The van der Waals surface area contributed by atoms with Gasteiger partial charge < -0.3 is 10.1 Å². The second-order valence-electron chi connectivity index (χ2n) is 5.77. The van der Waals surface area contributed by atoms with Crippen LogP contribution in [-0.2, 0) is 0 Å². The van der Waals surface area contributed by atoms with E-state index in [1.54, 1.807) is 7.11 Å². The van der Waals surface area contributed by atoms with Crippen LogP contribution < -0.4 is 10.1 Å². The van der Waals surface area contributed by atoms with Crippen molar-refractivity contribution in [2.24, 2.45) is 5.92 Å². The number of hydrogen-bond acceptors (Lipinski definition) is 2. The number of hydrogen-bond donors (Lipinski definition) is 1. The summed E-state index contributed by atoms with van der Waals surface area (Å²) < 4.78 is 6.37. The van der Waals surface area contributed by atoms with E-state index in [1.165, 1.54) is 50.5 Å². The van der Waals surface area contributed by atoms with Crippen molar-refractivity contribution in [1.29, 1.82) is 0 Å². The average Bonchev–Trinajstić information content (AvgIpc) is 2.42. The SMILES string of the molecule is CNC(c1ccc(OC)c(Br)c1)C1CCCCCCC1. The van der Waals surface area contributed by atoms with E-state index < -0.39 is 0 Å². The van der Waals surface area contributed by atoms with Gasteiger partial charge in [-0.1, -0.05) is 38.2 Å². The molecule has 3 heteroatoms. The molecule has 2 rings (SSSR count). The number of ether oxygens (including phenoxy) is 1. The van der Waals surface area contributed by atoms with Crippen LogP contribution in [0.3, 0.4) is 0 Å². The van der Waals surface area contributed by atoms with Crippen LogP contribution in [0.2, 0.25) is 0 Å². The van der Waals surface area contributed by atoms with Crippen LogP contribution in [0.25, 0.3) is 0 Å². The summed E-state index contributed by atoms with van der Waals surface area (Å²) in [7, 11) is 3.80. The molecule has 1 aromatic rings. The molecule has 112 valence electrons. The summed E-state index contributed by atoms with van der Waals surface area (Å²) in [5.41, 5.74) is 1.37. The minimum absolute atomic E-state index is 0.454. The highest BCUT2D eigenvalue weighted by Crippen LogP contribution is 2.35. The topological polar surface area (TPSA) is 21.3 Å². The fourth-order valence-corrected chi connectivity index (χ4v) is 3.93. The van der Waals surface area contributed by atoms with Crippen LogP contribution >= 0.6 is 15.9 Å². The van der Waals surface area contributed by atoms with E-state index in [0.29, 0.717) is 6.04 Å². The van der Waals surface area contributed by atoms with Gasteiger partial charge in [0.15, 0.2) is 0 Å². The largest absolute Gasteiger partial charge is 0.496 e. The van der Waals surface area contributed by atoms with Crippen LogP contribution in [0.5, 0.6) is 5.75 Å². The van der Waals surface area contributed by atoms with Gasteiger partial charge in [0.05, 0.1) is 11.6 Å². The maximum Gasteiger partial charge on any atom is 0.133 e. The lowest BCUT2D eigenvalue weighted by molar-refractivity contribution is 0.299. The van der Waals surface area contributed by atoms with E-state index >= 15 is 0 Å². The van der Waals surface area contributed by atoms with Crippen molar-refractivity contribution in [2.45, 2.75) is 51.0 Å². The van der Waals surface area contributed by atoms with Crippen LogP contribution in [-0.4, -0.2) is 14.2 Å². The molecule has 1 unspecified atom stereocenters. The molecule has 2 nitrogen and oxygen atoms in total. The molecular weight excluding hydrogens is 314 g/mol. The molecule has 1 aliphatic carbocycles. The summed E-state index contributed by atoms with van der Waals surface area (Å²) in [6.07, 6.45) is 9.66. The van der Waals surface area contributed by atoms with Gasteiger partial charge in [-0.3, -0.25) is 0 Å². The molecule has 20 heavy (non-hydrogen) atoms. The lowest BCUT2D eigenvalue weighted by atomic mass is 9.83. The maximum absolute atomic E-state index is 5.33. The minimum atomic E-state index is 0.454. The number of nitrogens with one attached hydrogen (secondary N) is 1. The van der Waals surface area contributed by atoms with Crippen molar-refractivity contribution in [3.05, 3.63) is 28.2 Å². The lowest BCUT2D eigenvalue weighted by Gasteiger charge is -2.29. The Morgan fingerprint density at radius 1 is 1.15 bits per heavy atom. The van der Waals surface area contributed by atoms with Gasteiger partial charge in [0.2, 0.25) is 0 Å². The van der Waals surface area contributed by atoms with Gasteiger partial charge in [-0.2, -0.15) is 0 Å². The maximum atomic E-state index is 5.33. The monoisotopic (exact) mass is 339 g/mol. The highest BCUT2D eigenvalue weighted by atomic mass is 79.9. The first-order valence-corrected chi connectivity index (χ1v) is 8.56. The third kappa shape index (κ3) is 3.98. The molecule has 0 radical (unpaired) electrons. The summed E-state index contributed by atoms with van der Waals surface area (Å²) in [6, 6.07) is 6.92. The zero-order valence-corrected chi connectivity index (χ0v) is 14.2. The molecule has 1 atom stereocenters. The molecule has 1 N–H and O–H groups in total. The van der Waals surface area contributed by atoms with Crippen molar-refractivity contribution in [3.63, 3.8) is 0 Å². The fourth-order valence-electron chi connectivity index (χ4n) is 3.37. The second-order valence-corrected chi connectivity index (χ2v) is 6.62. The Morgan fingerprint density at radius 2 is 1.80 bits per heavy atom. The minimum Gasteiger partial charge on any atom is -0.496 e. The van der Waals surface area contributed by atoms with Crippen molar-refractivity contribution in [1.82, 2.24) is 5.32 Å². The summed E-state index contributed by atoms with van der Waals surface area (Å²) >= 11 is 3.60. The van der Waals surface area contributed by atoms with Crippen molar-refractivity contribution in [2.75, 3.05) is 14.2 Å². The van der Waals surface area contributed by atoms with Gasteiger partial charge in [-0.25, -0.2) is 0 Å². The molecular formula is C17H26BrNO. The number of methoxy groups -OCH3 is 1. The van der Waals surface area contributed by atoms with Crippen LogP contribution in [0.4, 0.5) is 0 Å². The molecule has 1 saturated carbocycles. The van der Waals surface area contributed by atoms with Crippen LogP contribution in [0, 0.1) is 5.92 Å². The smallest absolute Gasteiger partial charge is 0.133 e. The summed E-state index contributed by atoms with van der Waals surface area (Å²) in [6.45, 7) is 0. The number of rotatable bonds is 4.